The third kappa shape index (κ3) is 2.67. The van der Waals surface area contributed by atoms with Crippen LogP contribution in [0.25, 0.3) is 10.2 Å². The monoisotopic (exact) mass is 322 g/mol. The summed E-state index contributed by atoms with van der Waals surface area (Å²) in [6.07, 6.45) is 1.59. The zero-order chi connectivity index (χ0) is 16.6. The van der Waals surface area contributed by atoms with Crippen LogP contribution in [-0.2, 0) is 0 Å². The van der Waals surface area contributed by atoms with Crippen molar-refractivity contribution in [3.8, 4) is 6.07 Å². The Morgan fingerprint density at radius 1 is 1.26 bits per heavy atom. The van der Waals surface area contributed by atoms with Crippen LogP contribution in [0.1, 0.15) is 27.4 Å². The van der Waals surface area contributed by atoms with E-state index in [1.54, 1.807) is 37.4 Å². The molecule has 0 atom stereocenters. The molecule has 5 nitrogen and oxygen atoms in total. The van der Waals surface area contributed by atoms with Crippen LogP contribution in [0.3, 0.4) is 0 Å². The molecule has 2 heterocycles. The smallest absolute Gasteiger partial charge is 0.267 e. The summed E-state index contributed by atoms with van der Waals surface area (Å²) in [6, 6.07) is 9.06. The second kappa shape index (κ2) is 5.78. The van der Waals surface area contributed by atoms with Crippen molar-refractivity contribution in [1.29, 1.82) is 5.26 Å². The summed E-state index contributed by atoms with van der Waals surface area (Å²) >= 11 is 1.53. The van der Waals surface area contributed by atoms with Gasteiger partial charge in [0.25, 0.3) is 5.56 Å². The molecule has 114 valence electrons. The van der Waals surface area contributed by atoms with Crippen LogP contribution in [-0.4, -0.2) is 15.9 Å². The van der Waals surface area contributed by atoms with Gasteiger partial charge in [-0.1, -0.05) is 12.1 Å². The number of thiophene rings is 1. The molecule has 0 aliphatic rings. The van der Waals surface area contributed by atoms with Gasteiger partial charge in [0.2, 0.25) is 0 Å². The lowest BCUT2D eigenvalue weighted by Gasteiger charge is -2.03. The van der Waals surface area contributed by atoms with Crippen molar-refractivity contribution in [2.45, 2.75) is 20.8 Å². The van der Waals surface area contributed by atoms with Gasteiger partial charge in [0, 0.05) is 4.88 Å². The molecule has 0 radical (unpaired) electrons. The summed E-state index contributed by atoms with van der Waals surface area (Å²) in [5.74, 6) is 0.550. The number of nitriles is 1. The van der Waals surface area contributed by atoms with E-state index in [9.17, 15) is 4.79 Å². The van der Waals surface area contributed by atoms with Gasteiger partial charge in [-0.05, 0) is 44.0 Å². The predicted octanol–water partition coefficient (Wildman–Crippen LogP) is 3.14. The summed E-state index contributed by atoms with van der Waals surface area (Å²) in [4.78, 5) is 19.0. The molecule has 0 unspecified atom stereocenters. The minimum Gasteiger partial charge on any atom is -0.267 e. The molecule has 3 rings (SSSR count). The van der Waals surface area contributed by atoms with E-state index in [4.69, 9.17) is 5.26 Å². The molecule has 0 aliphatic heterocycles. The third-order valence-electron chi connectivity index (χ3n) is 3.70. The topological polar surface area (TPSA) is 71.0 Å². The van der Waals surface area contributed by atoms with E-state index in [0.29, 0.717) is 16.8 Å². The van der Waals surface area contributed by atoms with Gasteiger partial charge in [0.15, 0.2) is 0 Å². The molecule has 23 heavy (non-hydrogen) atoms. The Kier molecular flexibility index (Phi) is 3.80. The van der Waals surface area contributed by atoms with Crippen LogP contribution in [0.15, 0.2) is 34.2 Å². The van der Waals surface area contributed by atoms with Gasteiger partial charge >= 0.3 is 0 Å². The van der Waals surface area contributed by atoms with Crippen LogP contribution in [0.5, 0.6) is 0 Å². The molecule has 0 aliphatic carbocycles. The Morgan fingerprint density at radius 3 is 2.61 bits per heavy atom. The maximum Gasteiger partial charge on any atom is 0.283 e. The Morgan fingerprint density at radius 2 is 1.96 bits per heavy atom. The normalized spacial score (nSPS) is 11.2. The zero-order valence-electron chi connectivity index (χ0n) is 13.0. The van der Waals surface area contributed by atoms with Crippen LogP contribution < -0.4 is 5.56 Å². The standard InChI is InChI=1S/C17H14N4OS/c1-10-11(2)23-16-15(10)17(22)21(12(3)20-16)19-9-14-6-4-13(8-18)5-7-14/h4-7,9H,1-3H3. The summed E-state index contributed by atoms with van der Waals surface area (Å²) in [5, 5.41) is 13.7. The summed E-state index contributed by atoms with van der Waals surface area (Å²) < 4.78 is 1.32. The van der Waals surface area contributed by atoms with Gasteiger partial charge in [0.05, 0.1) is 23.2 Å². The molecular formula is C17H14N4OS. The van der Waals surface area contributed by atoms with E-state index in [1.165, 1.54) is 16.0 Å². The number of nitrogens with zero attached hydrogens (tertiary/aromatic N) is 4. The zero-order valence-corrected chi connectivity index (χ0v) is 13.8. The minimum atomic E-state index is -0.153. The maximum atomic E-state index is 12.7. The highest BCUT2D eigenvalue weighted by molar-refractivity contribution is 7.18. The second-order valence-corrected chi connectivity index (χ2v) is 6.42. The number of benzene rings is 1. The highest BCUT2D eigenvalue weighted by Gasteiger charge is 2.13. The molecule has 0 fully saturated rings. The molecule has 1 aromatic carbocycles. The molecule has 0 saturated heterocycles. The fourth-order valence-corrected chi connectivity index (χ4v) is 3.36. The van der Waals surface area contributed by atoms with Crippen molar-refractivity contribution < 1.29 is 0 Å². The van der Waals surface area contributed by atoms with Crippen LogP contribution >= 0.6 is 11.3 Å². The molecule has 3 aromatic rings. The van der Waals surface area contributed by atoms with Gasteiger partial charge in [-0.25, -0.2) is 4.98 Å². The first-order valence-corrected chi connectivity index (χ1v) is 7.87. The third-order valence-corrected chi connectivity index (χ3v) is 4.81. The van der Waals surface area contributed by atoms with Crippen LogP contribution in [0.4, 0.5) is 0 Å². The van der Waals surface area contributed by atoms with Crippen molar-refractivity contribution in [3.63, 3.8) is 0 Å². The van der Waals surface area contributed by atoms with Crippen LogP contribution in [0.2, 0.25) is 0 Å². The van der Waals surface area contributed by atoms with E-state index in [2.05, 4.69) is 16.2 Å². The number of hydrogen-bond donors (Lipinski definition) is 0. The Bertz CT molecular complexity index is 1020. The lowest BCUT2D eigenvalue weighted by molar-refractivity contribution is 0.772. The van der Waals surface area contributed by atoms with Crippen molar-refractivity contribution in [2.24, 2.45) is 5.10 Å². The lowest BCUT2D eigenvalue weighted by atomic mass is 10.2. The van der Waals surface area contributed by atoms with Crippen LogP contribution in [0, 0.1) is 32.1 Å². The molecule has 2 aromatic heterocycles. The Labute approximate surface area is 137 Å². The lowest BCUT2D eigenvalue weighted by Crippen LogP contribution is -2.20. The molecule has 0 saturated carbocycles. The Hall–Kier alpha value is -2.78. The highest BCUT2D eigenvalue weighted by atomic mass is 32.1. The van der Waals surface area contributed by atoms with Crippen molar-refractivity contribution in [3.05, 3.63) is 62.0 Å². The number of fused-ring (bicyclic) bond motifs is 1. The predicted molar refractivity (Wildman–Crippen MR) is 92.2 cm³/mol. The molecule has 6 heteroatoms. The summed E-state index contributed by atoms with van der Waals surface area (Å²) in [6.45, 7) is 5.68. The fraction of sp³-hybridized carbons (Fsp3) is 0.176. The second-order valence-electron chi connectivity index (χ2n) is 5.22. The van der Waals surface area contributed by atoms with Crippen molar-refractivity contribution >= 4 is 27.8 Å². The van der Waals surface area contributed by atoms with Gasteiger partial charge in [0.1, 0.15) is 10.7 Å². The maximum absolute atomic E-state index is 12.7. The summed E-state index contributed by atoms with van der Waals surface area (Å²) in [7, 11) is 0. The number of hydrogen-bond acceptors (Lipinski definition) is 5. The van der Waals surface area contributed by atoms with E-state index in [-0.39, 0.29) is 5.56 Å². The van der Waals surface area contributed by atoms with Crippen molar-refractivity contribution in [1.82, 2.24) is 9.66 Å². The molecule has 0 spiro atoms. The van der Waals surface area contributed by atoms with E-state index in [1.807, 2.05) is 13.8 Å². The van der Waals surface area contributed by atoms with Gasteiger partial charge in [-0.2, -0.15) is 15.0 Å². The molecule has 0 amide bonds. The SMILES string of the molecule is Cc1sc2nc(C)n(N=Cc3ccc(C#N)cc3)c(=O)c2c1C. The first-order valence-electron chi connectivity index (χ1n) is 7.05. The molecule has 0 bridgehead atoms. The number of aromatic nitrogens is 2. The first-order chi connectivity index (χ1) is 11.0. The largest absolute Gasteiger partial charge is 0.283 e. The summed E-state index contributed by atoms with van der Waals surface area (Å²) in [5.41, 5.74) is 2.21. The van der Waals surface area contributed by atoms with Gasteiger partial charge < -0.3 is 0 Å². The van der Waals surface area contributed by atoms with Gasteiger partial charge in [-0.3, -0.25) is 4.79 Å². The average molecular weight is 322 g/mol. The Balaban J connectivity index is 2.09. The van der Waals surface area contributed by atoms with Gasteiger partial charge in [-0.15, -0.1) is 11.3 Å². The first kappa shape index (κ1) is 15.1. The van der Waals surface area contributed by atoms with Crippen molar-refractivity contribution in [2.75, 3.05) is 0 Å². The average Bonchev–Trinajstić information content (AvgIpc) is 2.82. The highest BCUT2D eigenvalue weighted by Crippen LogP contribution is 2.26. The van der Waals surface area contributed by atoms with E-state index < -0.39 is 0 Å². The van der Waals surface area contributed by atoms with E-state index >= 15 is 0 Å². The number of aryl methyl sites for hydroxylation is 3. The molecule has 0 N–H and O–H groups in total. The minimum absolute atomic E-state index is 0.153. The van der Waals surface area contributed by atoms with E-state index in [0.717, 1.165) is 20.8 Å². The number of rotatable bonds is 2. The quantitative estimate of drug-likeness (QED) is 0.680. The fourth-order valence-electron chi connectivity index (χ4n) is 2.29. The molecular weight excluding hydrogens is 308 g/mol.